The molecule has 110 valence electrons. The summed E-state index contributed by atoms with van der Waals surface area (Å²) in [7, 11) is 0. The molecule has 0 radical (unpaired) electrons. The van der Waals surface area contributed by atoms with E-state index in [2.05, 4.69) is 5.32 Å². The van der Waals surface area contributed by atoms with E-state index in [1.54, 1.807) is 12.2 Å². The maximum absolute atomic E-state index is 12.2. The Kier molecular flexibility index (Phi) is 4.32. The molecule has 7 heteroatoms. The number of benzene rings is 1. The number of nitrogens with zero attached hydrogens (tertiary/aromatic N) is 1. The molecule has 1 aliphatic carbocycles. The molecule has 2 rings (SSSR count). The van der Waals surface area contributed by atoms with Crippen molar-refractivity contribution in [3.63, 3.8) is 0 Å². The van der Waals surface area contributed by atoms with Crippen molar-refractivity contribution >= 4 is 23.3 Å². The number of carbonyl (C=O) groups is 2. The first-order valence-electron chi connectivity index (χ1n) is 6.40. The lowest BCUT2D eigenvalue weighted by Gasteiger charge is -2.28. The number of nitro groups is 1. The number of carboxylic acid groups (broad SMARTS) is 1. The summed E-state index contributed by atoms with van der Waals surface area (Å²) >= 11 is 0. The van der Waals surface area contributed by atoms with Crippen LogP contribution in [0.4, 0.5) is 11.4 Å². The second-order valence-electron chi connectivity index (χ2n) is 4.77. The summed E-state index contributed by atoms with van der Waals surface area (Å²) in [6, 6.07) is 5.50. The Hall–Kier alpha value is -2.70. The highest BCUT2D eigenvalue weighted by atomic mass is 16.6. The highest BCUT2D eigenvalue weighted by Gasteiger charge is 2.29. The van der Waals surface area contributed by atoms with Crippen molar-refractivity contribution in [2.24, 2.45) is 11.8 Å². The van der Waals surface area contributed by atoms with Crippen molar-refractivity contribution < 1.29 is 19.6 Å². The van der Waals surface area contributed by atoms with E-state index in [4.69, 9.17) is 0 Å². The Morgan fingerprint density at radius 3 is 2.48 bits per heavy atom. The molecule has 0 heterocycles. The molecular weight excluding hydrogens is 276 g/mol. The Morgan fingerprint density at radius 2 is 1.86 bits per heavy atom. The lowest BCUT2D eigenvalue weighted by molar-refractivity contribution is -0.384. The predicted molar refractivity (Wildman–Crippen MR) is 72.1 cm³/mol. The van der Waals surface area contributed by atoms with Gasteiger partial charge in [-0.2, -0.15) is 0 Å². The summed E-state index contributed by atoms with van der Waals surface area (Å²) in [4.78, 5) is 33.3. The lowest BCUT2D eigenvalue weighted by Crippen LogP contribution is -2.41. The topological polar surface area (TPSA) is 112 Å². The highest BCUT2D eigenvalue weighted by Crippen LogP contribution is 2.27. The minimum atomic E-state index is -1.27. The van der Waals surface area contributed by atoms with E-state index in [1.807, 2.05) is 0 Å². The van der Waals surface area contributed by atoms with E-state index in [0.717, 1.165) is 0 Å². The minimum absolute atomic E-state index is 0.146. The van der Waals surface area contributed by atoms with Crippen LogP contribution in [0.3, 0.4) is 0 Å². The fourth-order valence-corrected chi connectivity index (χ4v) is 2.30. The normalized spacial score (nSPS) is 20.8. The van der Waals surface area contributed by atoms with E-state index < -0.39 is 28.6 Å². The summed E-state index contributed by atoms with van der Waals surface area (Å²) in [5, 5.41) is 24.3. The zero-order valence-corrected chi connectivity index (χ0v) is 11.0. The van der Waals surface area contributed by atoms with Crippen molar-refractivity contribution in [3.8, 4) is 0 Å². The monoisotopic (exact) mass is 289 g/mol. The van der Waals surface area contributed by atoms with Gasteiger partial charge in [-0.1, -0.05) is 18.2 Å². The van der Waals surface area contributed by atoms with Crippen molar-refractivity contribution in [1.82, 2.24) is 0 Å². The van der Waals surface area contributed by atoms with Gasteiger partial charge in [0.25, 0.3) is 5.69 Å². The molecule has 0 aliphatic heterocycles. The van der Waals surface area contributed by atoms with Crippen LogP contribution in [0.25, 0.3) is 0 Å². The molecular formula is C14H13N2O5-. The second-order valence-corrected chi connectivity index (χ2v) is 4.77. The largest absolute Gasteiger partial charge is 0.550 e. The van der Waals surface area contributed by atoms with Crippen LogP contribution in [0.1, 0.15) is 12.8 Å². The maximum atomic E-state index is 12.2. The van der Waals surface area contributed by atoms with Gasteiger partial charge in [0.2, 0.25) is 5.91 Å². The number of rotatable bonds is 4. The van der Waals surface area contributed by atoms with E-state index in [0.29, 0.717) is 6.42 Å². The number of carboxylic acids is 1. The standard InChI is InChI=1S/C14H14N2O5/c17-13(11-6-1-2-7-12(11)14(18)19)15-9-4-3-5-10(8-9)16(20)21/h1-5,8,11-12H,6-7H2,(H,15,17)(H,18,19)/p-1/t11-,12-/m1/s1. The number of nitro benzene ring substituents is 1. The fraction of sp³-hybridized carbons (Fsp3) is 0.286. The van der Waals surface area contributed by atoms with Crippen molar-refractivity contribution in [2.45, 2.75) is 12.8 Å². The van der Waals surface area contributed by atoms with Crippen molar-refractivity contribution in [3.05, 3.63) is 46.5 Å². The first kappa shape index (κ1) is 14.7. The van der Waals surface area contributed by atoms with Gasteiger partial charge < -0.3 is 15.2 Å². The van der Waals surface area contributed by atoms with Gasteiger partial charge in [0.15, 0.2) is 0 Å². The van der Waals surface area contributed by atoms with Gasteiger partial charge in [0.1, 0.15) is 0 Å². The molecule has 1 amide bonds. The molecule has 0 fully saturated rings. The van der Waals surface area contributed by atoms with Crippen LogP contribution in [-0.2, 0) is 9.59 Å². The Bertz CT molecular complexity index is 611. The average molecular weight is 289 g/mol. The third-order valence-corrected chi connectivity index (χ3v) is 3.40. The Labute approximate surface area is 120 Å². The summed E-state index contributed by atoms with van der Waals surface area (Å²) in [5.74, 6) is -3.36. The molecule has 0 saturated carbocycles. The van der Waals surface area contributed by atoms with Crippen LogP contribution >= 0.6 is 0 Å². The van der Waals surface area contributed by atoms with Gasteiger partial charge in [0.05, 0.1) is 10.8 Å². The average Bonchev–Trinajstić information content (AvgIpc) is 2.47. The Balaban J connectivity index is 2.13. The second kappa shape index (κ2) is 6.17. The number of non-ortho nitro benzene ring substituents is 1. The number of aliphatic carboxylic acids is 1. The SMILES string of the molecule is O=C([O-])[C@@H]1CC=CC[C@H]1C(=O)Nc1cccc([N+](=O)[O-])c1. The number of nitrogens with one attached hydrogen (secondary N) is 1. The number of hydrogen-bond donors (Lipinski definition) is 1. The third kappa shape index (κ3) is 3.44. The first-order valence-corrected chi connectivity index (χ1v) is 6.40. The van der Waals surface area contributed by atoms with Gasteiger partial charge in [-0.25, -0.2) is 0 Å². The zero-order chi connectivity index (χ0) is 15.4. The molecule has 1 aromatic rings. The van der Waals surface area contributed by atoms with E-state index >= 15 is 0 Å². The molecule has 0 aromatic heterocycles. The van der Waals surface area contributed by atoms with Gasteiger partial charge in [-0.05, 0) is 18.9 Å². The molecule has 7 nitrogen and oxygen atoms in total. The molecule has 2 atom stereocenters. The quantitative estimate of drug-likeness (QED) is 0.502. The third-order valence-electron chi connectivity index (χ3n) is 3.40. The van der Waals surface area contributed by atoms with Crippen LogP contribution in [0.5, 0.6) is 0 Å². The van der Waals surface area contributed by atoms with Crippen LogP contribution in [0.15, 0.2) is 36.4 Å². The fourth-order valence-electron chi connectivity index (χ4n) is 2.30. The summed E-state index contributed by atoms with van der Waals surface area (Å²) in [6.45, 7) is 0. The highest BCUT2D eigenvalue weighted by molar-refractivity contribution is 5.95. The van der Waals surface area contributed by atoms with E-state index in [9.17, 15) is 24.8 Å². The van der Waals surface area contributed by atoms with Crippen LogP contribution in [0, 0.1) is 22.0 Å². The smallest absolute Gasteiger partial charge is 0.271 e. The minimum Gasteiger partial charge on any atom is -0.550 e. The summed E-state index contributed by atoms with van der Waals surface area (Å²) in [5.41, 5.74) is 0.119. The number of hydrogen-bond acceptors (Lipinski definition) is 5. The van der Waals surface area contributed by atoms with Crippen molar-refractivity contribution in [1.29, 1.82) is 0 Å². The number of anilines is 1. The van der Waals surface area contributed by atoms with E-state index in [-0.39, 0.29) is 17.8 Å². The molecule has 0 spiro atoms. The number of amides is 1. The van der Waals surface area contributed by atoms with Crippen molar-refractivity contribution in [2.75, 3.05) is 5.32 Å². The molecule has 1 aromatic carbocycles. The molecule has 0 bridgehead atoms. The molecule has 0 unspecified atom stereocenters. The number of carbonyl (C=O) groups excluding carboxylic acids is 2. The molecule has 1 N–H and O–H groups in total. The van der Waals surface area contributed by atoms with Crippen LogP contribution < -0.4 is 10.4 Å². The van der Waals surface area contributed by atoms with Gasteiger partial charge in [-0.15, -0.1) is 0 Å². The van der Waals surface area contributed by atoms with E-state index in [1.165, 1.54) is 24.3 Å². The molecule has 21 heavy (non-hydrogen) atoms. The van der Waals surface area contributed by atoms with Gasteiger partial charge >= 0.3 is 0 Å². The maximum Gasteiger partial charge on any atom is 0.271 e. The zero-order valence-electron chi connectivity index (χ0n) is 11.0. The first-order chi connectivity index (χ1) is 9.99. The summed E-state index contributed by atoms with van der Waals surface area (Å²) in [6.07, 6.45) is 4.00. The molecule has 0 saturated heterocycles. The number of allylic oxidation sites excluding steroid dienone is 2. The van der Waals surface area contributed by atoms with Gasteiger partial charge in [-0.3, -0.25) is 14.9 Å². The van der Waals surface area contributed by atoms with Crippen LogP contribution in [-0.4, -0.2) is 16.8 Å². The summed E-state index contributed by atoms with van der Waals surface area (Å²) < 4.78 is 0. The van der Waals surface area contributed by atoms with Crippen LogP contribution in [0.2, 0.25) is 0 Å². The molecule has 1 aliphatic rings. The Morgan fingerprint density at radius 1 is 1.19 bits per heavy atom. The lowest BCUT2D eigenvalue weighted by atomic mass is 9.82. The predicted octanol–water partition coefficient (Wildman–Crippen LogP) is 0.866. The van der Waals surface area contributed by atoms with Gasteiger partial charge in [0, 0.05) is 29.7 Å².